The average molecular weight is 340 g/mol. The Labute approximate surface area is 146 Å². The Morgan fingerprint density at radius 1 is 1.17 bits per heavy atom. The van der Waals surface area contributed by atoms with Crippen LogP contribution in [-0.2, 0) is 11.3 Å². The summed E-state index contributed by atoms with van der Waals surface area (Å²) < 4.78 is 1.20. The van der Waals surface area contributed by atoms with E-state index >= 15 is 0 Å². The van der Waals surface area contributed by atoms with E-state index in [1.54, 1.807) is 11.3 Å². The Bertz CT molecular complexity index is 783. The summed E-state index contributed by atoms with van der Waals surface area (Å²) in [6, 6.07) is 18.3. The van der Waals surface area contributed by atoms with Gasteiger partial charge in [-0.25, -0.2) is 4.98 Å². The van der Waals surface area contributed by atoms with Crippen molar-refractivity contribution in [3.63, 3.8) is 0 Å². The van der Waals surface area contributed by atoms with Crippen LogP contribution in [0.25, 0.3) is 10.2 Å². The van der Waals surface area contributed by atoms with Gasteiger partial charge in [0.1, 0.15) is 6.04 Å². The number of thiazole rings is 1. The summed E-state index contributed by atoms with van der Waals surface area (Å²) in [5.74, 6) is 0.0596. The van der Waals surface area contributed by atoms with Crippen molar-refractivity contribution in [2.45, 2.75) is 19.5 Å². The topological polar surface area (TPSA) is 46.4 Å². The third-order valence-corrected chi connectivity index (χ3v) is 5.41. The molecule has 1 heterocycles. The van der Waals surface area contributed by atoms with E-state index in [9.17, 15) is 4.79 Å². The van der Waals surface area contributed by atoms with Gasteiger partial charge in [0.2, 0.25) is 0 Å². The number of hydrogen-bond acceptors (Lipinski definition) is 3. The van der Waals surface area contributed by atoms with Crippen LogP contribution in [0.15, 0.2) is 54.6 Å². The standard InChI is InChI=1S/C19H21N3OS/c1-14(19-21-16-10-6-7-11-17(16)24-19)22(2)13-18(23)20-12-15-8-4-3-5-9-15/h3-11,14H,12-13H2,1-2H3,(H,20,23)/p+1/t14-/m0/s1. The minimum atomic E-state index is 0.0596. The highest BCUT2D eigenvalue weighted by Crippen LogP contribution is 2.24. The smallest absolute Gasteiger partial charge is 0.275 e. The van der Waals surface area contributed by atoms with Crippen molar-refractivity contribution < 1.29 is 9.69 Å². The second-order valence-corrected chi connectivity index (χ2v) is 7.09. The van der Waals surface area contributed by atoms with Crippen molar-refractivity contribution in [3.05, 3.63) is 65.2 Å². The largest absolute Gasteiger partial charge is 0.347 e. The normalized spacial score (nSPS) is 13.6. The van der Waals surface area contributed by atoms with E-state index in [1.165, 1.54) is 4.70 Å². The number of carbonyl (C=O) groups is 1. The number of quaternary nitrogens is 1. The van der Waals surface area contributed by atoms with Gasteiger partial charge in [-0.05, 0) is 24.6 Å². The maximum absolute atomic E-state index is 12.2. The zero-order valence-corrected chi connectivity index (χ0v) is 14.8. The van der Waals surface area contributed by atoms with Gasteiger partial charge in [0.15, 0.2) is 11.6 Å². The molecule has 5 heteroatoms. The third kappa shape index (κ3) is 3.99. The number of nitrogens with one attached hydrogen (secondary N) is 2. The predicted octanol–water partition coefficient (Wildman–Crippen LogP) is 2.19. The number of para-hydroxylation sites is 1. The zero-order valence-electron chi connectivity index (χ0n) is 14.0. The first-order valence-electron chi connectivity index (χ1n) is 8.12. The van der Waals surface area contributed by atoms with E-state index in [0.717, 1.165) is 21.0 Å². The Balaban J connectivity index is 1.57. The van der Waals surface area contributed by atoms with E-state index in [0.29, 0.717) is 13.1 Å². The number of amides is 1. The van der Waals surface area contributed by atoms with Gasteiger partial charge in [-0.1, -0.05) is 42.5 Å². The van der Waals surface area contributed by atoms with Crippen molar-refractivity contribution in [2.24, 2.45) is 0 Å². The first kappa shape index (κ1) is 16.6. The minimum absolute atomic E-state index is 0.0596. The second kappa shape index (κ2) is 7.55. The molecule has 1 amide bonds. The molecule has 4 nitrogen and oxygen atoms in total. The molecule has 124 valence electrons. The summed E-state index contributed by atoms with van der Waals surface area (Å²) in [5.41, 5.74) is 2.15. The number of nitrogens with zero attached hydrogens (tertiary/aromatic N) is 1. The van der Waals surface area contributed by atoms with Crippen LogP contribution >= 0.6 is 11.3 Å². The quantitative estimate of drug-likeness (QED) is 0.723. The first-order chi connectivity index (χ1) is 11.6. The number of aromatic nitrogens is 1. The van der Waals surface area contributed by atoms with Gasteiger partial charge in [-0.2, -0.15) is 0 Å². The molecule has 0 radical (unpaired) electrons. The molecule has 0 aliphatic rings. The highest BCUT2D eigenvalue weighted by molar-refractivity contribution is 7.18. The average Bonchev–Trinajstić information content (AvgIpc) is 3.04. The molecular weight excluding hydrogens is 318 g/mol. The lowest BCUT2D eigenvalue weighted by molar-refractivity contribution is -0.902. The molecule has 24 heavy (non-hydrogen) atoms. The van der Waals surface area contributed by atoms with Crippen LogP contribution in [-0.4, -0.2) is 24.5 Å². The summed E-state index contributed by atoms with van der Waals surface area (Å²) in [4.78, 5) is 18.0. The van der Waals surface area contributed by atoms with Gasteiger partial charge in [0.05, 0.1) is 17.3 Å². The Kier molecular flexibility index (Phi) is 5.23. The van der Waals surface area contributed by atoms with Gasteiger partial charge in [-0.15, -0.1) is 11.3 Å². The van der Waals surface area contributed by atoms with Crippen molar-refractivity contribution in [2.75, 3.05) is 13.6 Å². The summed E-state index contributed by atoms with van der Waals surface area (Å²) >= 11 is 1.71. The van der Waals surface area contributed by atoms with Crippen LogP contribution in [0.3, 0.4) is 0 Å². The summed E-state index contributed by atoms with van der Waals surface area (Å²) in [6.45, 7) is 3.13. The maximum atomic E-state index is 12.2. The summed E-state index contributed by atoms with van der Waals surface area (Å²) in [6.07, 6.45) is 0. The van der Waals surface area contributed by atoms with E-state index in [2.05, 4.69) is 18.3 Å². The van der Waals surface area contributed by atoms with E-state index in [1.807, 2.05) is 55.6 Å². The molecule has 0 aliphatic carbocycles. The summed E-state index contributed by atoms with van der Waals surface area (Å²) in [5, 5.41) is 4.06. The third-order valence-electron chi connectivity index (χ3n) is 4.19. The second-order valence-electron chi connectivity index (χ2n) is 6.03. The maximum Gasteiger partial charge on any atom is 0.275 e. The van der Waals surface area contributed by atoms with E-state index in [4.69, 9.17) is 4.98 Å². The Hall–Kier alpha value is -2.24. The van der Waals surface area contributed by atoms with Crippen LogP contribution in [0.1, 0.15) is 23.5 Å². The van der Waals surface area contributed by atoms with Gasteiger partial charge in [0.25, 0.3) is 5.91 Å². The molecule has 1 unspecified atom stereocenters. The van der Waals surface area contributed by atoms with Crippen molar-refractivity contribution in [1.82, 2.24) is 10.3 Å². The van der Waals surface area contributed by atoms with Crippen LogP contribution in [0.5, 0.6) is 0 Å². The Morgan fingerprint density at radius 2 is 1.88 bits per heavy atom. The van der Waals surface area contributed by atoms with Gasteiger partial charge in [-0.3, -0.25) is 4.79 Å². The van der Waals surface area contributed by atoms with Crippen molar-refractivity contribution in [3.8, 4) is 0 Å². The molecule has 0 aliphatic heterocycles. The SMILES string of the molecule is C[C@@H](c1nc2ccccc2s1)[NH+](C)CC(=O)NCc1ccccc1. The van der Waals surface area contributed by atoms with E-state index in [-0.39, 0.29) is 11.9 Å². The fourth-order valence-electron chi connectivity index (χ4n) is 2.55. The summed E-state index contributed by atoms with van der Waals surface area (Å²) in [7, 11) is 2.04. The Morgan fingerprint density at radius 3 is 2.62 bits per heavy atom. The number of rotatable bonds is 6. The van der Waals surface area contributed by atoms with Crippen LogP contribution in [0.4, 0.5) is 0 Å². The lowest BCUT2D eigenvalue weighted by Crippen LogP contribution is -3.10. The van der Waals surface area contributed by atoms with Crippen molar-refractivity contribution in [1.29, 1.82) is 0 Å². The molecular formula is C19H22N3OS+. The van der Waals surface area contributed by atoms with Crippen LogP contribution in [0.2, 0.25) is 0 Å². The number of benzene rings is 2. The predicted molar refractivity (Wildman–Crippen MR) is 98.1 cm³/mol. The van der Waals surface area contributed by atoms with Crippen LogP contribution < -0.4 is 10.2 Å². The molecule has 2 atom stereocenters. The lowest BCUT2D eigenvalue weighted by atomic mass is 10.2. The molecule has 0 saturated heterocycles. The van der Waals surface area contributed by atoms with E-state index < -0.39 is 0 Å². The molecule has 2 aromatic carbocycles. The first-order valence-corrected chi connectivity index (χ1v) is 8.93. The monoisotopic (exact) mass is 340 g/mol. The molecule has 1 aromatic heterocycles. The fourth-order valence-corrected chi connectivity index (χ4v) is 3.66. The molecule has 3 rings (SSSR count). The molecule has 0 saturated carbocycles. The number of hydrogen-bond donors (Lipinski definition) is 2. The van der Waals surface area contributed by atoms with Gasteiger partial charge < -0.3 is 10.2 Å². The molecule has 3 aromatic rings. The molecule has 2 N–H and O–H groups in total. The number of likely N-dealkylation sites (N-methyl/N-ethyl adjacent to an activating group) is 1. The minimum Gasteiger partial charge on any atom is -0.347 e. The fraction of sp³-hybridized carbons (Fsp3) is 0.263. The lowest BCUT2D eigenvalue weighted by Gasteiger charge is -2.19. The number of fused-ring (bicyclic) bond motifs is 1. The molecule has 0 fully saturated rings. The number of carbonyl (C=O) groups excluding carboxylic acids is 1. The molecule has 0 spiro atoms. The van der Waals surface area contributed by atoms with Crippen molar-refractivity contribution >= 4 is 27.5 Å². The molecule has 0 bridgehead atoms. The highest BCUT2D eigenvalue weighted by Gasteiger charge is 2.21. The highest BCUT2D eigenvalue weighted by atomic mass is 32.1. The van der Waals surface area contributed by atoms with Crippen LogP contribution in [0, 0.1) is 0 Å². The zero-order chi connectivity index (χ0) is 16.9. The van der Waals surface area contributed by atoms with Gasteiger partial charge >= 0.3 is 0 Å². The van der Waals surface area contributed by atoms with Gasteiger partial charge in [0, 0.05) is 6.54 Å².